The molecule has 102 valence electrons. The lowest BCUT2D eigenvalue weighted by atomic mass is 10.1. The van der Waals surface area contributed by atoms with Crippen LogP contribution in [0.1, 0.15) is 16.7 Å². The Hall–Kier alpha value is -2.07. The van der Waals surface area contributed by atoms with E-state index in [9.17, 15) is 10.1 Å². The molecule has 20 heavy (non-hydrogen) atoms. The molecule has 0 spiro atoms. The number of nitrogens with zero attached hydrogens (tertiary/aromatic N) is 1. The van der Waals surface area contributed by atoms with Crippen molar-refractivity contribution in [2.45, 2.75) is 11.8 Å². The summed E-state index contributed by atoms with van der Waals surface area (Å²) in [6.45, 7) is 1.99. The minimum atomic E-state index is -0.324. The maximum atomic E-state index is 11.4. The molecule has 0 saturated carbocycles. The highest BCUT2D eigenvalue weighted by Crippen LogP contribution is 2.28. The number of thioether (sulfide) groups is 1. The first-order chi connectivity index (χ1) is 9.61. The highest BCUT2D eigenvalue weighted by Gasteiger charge is 2.17. The molecule has 0 aliphatic heterocycles. The smallest absolute Gasteiger partial charge is 0.258 e. The summed E-state index contributed by atoms with van der Waals surface area (Å²) in [5.41, 5.74) is 2.75. The van der Waals surface area contributed by atoms with E-state index in [2.05, 4.69) is 0 Å². The Morgan fingerprint density at radius 2 is 1.80 bits per heavy atom. The minimum absolute atomic E-state index is 0.124. The molecular formula is C16H15NO2S. The minimum Gasteiger partial charge on any atom is -0.258 e. The van der Waals surface area contributed by atoms with Crippen LogP contribution in [0.4, 0.5) is 0 Å². The molecule has 4 heteroatoms. The third-order valence-electron chi connectivity index (χ3n) is 2.96. The van der Waals surface area contributed by atoms with Crippen molar-refractivity contribution in [3.8, 4) is 0 Å². The van der Waals surface area contributed by atoms with Crippen LogP contribution in [0.2, 0.25) is 0 Å². The van der Waals surface area contributed by atoms with Gasteiger partial charge in [0.25, 0.3) is 5.70 Å². The molecule has 3 nitrogen and oxygen atoms in total. The van der Waals surface area contributed by atoms with Crippen molar-refractivity contribution in [3.63, 3.8) is 0 Å². The predicted molar refractivity (Wildman–Crippen MR) is 84.3 cm³/mol. The van der Waals surface area contributed by atoms with Gasteiger partial charge in [-0.15, -0.1) is 11.8 Å². The Kier molecular flexibility index (Phi) is 4.58. The van der Waals surface area contributed by atoms with E-state index in [-0.39, 0.29) is 10.6 Å². The molecular weight excluding hydrogens is 270 g/mol. The number of hydrogen-bond acceptors (Lipinski definition) is 3. The Bertz CT molecular complexity index is 648. The summed E-state index contributed by atoms with van der Waals surface area (Å²) in [5.74, 6) is 0. The molecule has 2 rings (SSSR count). The van der Waals surface area contributed by atoms with Crippen LogP contribution < -0.4 is 0 Å². The zero-order valence-corrected chi connectivity index (χ0v) is 12.2. The lowest BCUT2D eigenvalue weighted by Crippen LogP contribution is -1.99. The summed E-state index contributed by atoms with van der Waals surface area (Å²) in [4.78, 5) is 11.9. The van der Waals surface area contributed by atoms with Crippen LogP contribution in [0.5, 0.6) is 0 Å². The standard InChI is InChI=1S/C16H15NO2S/c1-12-7-9-13(10-8-12)11-15(17(18)19)14-5-3-4-6-16(14)20-2/h3-11H,1-2H3/b15-11+. The van der Waals surface area contributed by atoms with E-state index in [1.54, 1.807) is 12.1 Å². The Balaban J connectivity index is 2.51. The van der Waals surface area contributed by atoms with E-state index in [4.69, 9.17) is 0 Å². The van der Waals surface area contributed by atoms with E-state index in [1.165, 1.54) is 11.8 Å². The summed E-state index contributed by atoms with van der Waals surface area (Å²) in [5, 5.41) is 11.4. The van der Waals surface area contributed by atoms with Crippen molar-refractivity contribution in [3.05, 3.63) is 75.3 Å². The van der Waals surface area contributed by atoms with Crippen molar-refractivity contribution < 1.29 is 4.92 Å². The van der Waals surface area contributed by atoms with Gasteiger partial charge in [0.05, 0.1) is 10.5 Å². The summed E-state index contributed by atoms with van der Waals surface area (Å²) in [7, 11) is 0. The number of benzene rings is 2. The van der Waals surface area contributed by atoms with Crippen molar-refractivity contribution in [2.75, 3.05) is 6.26 Å². The van der Waals surface area contributed by atoms with Gasteiger partial charge >= 0.3 is 0 Å². The van der Waals surface area contributed by atoms with Crippen LogP contribution in [-0.2, 0) is 0 Å². The fourth-order valence-corrected chi connectivity index (χ4v) is 2.51. The van der Waals surface area contributed by atoms with Gasteiger partial charge in [-0.1, -0.05) is 42.0 Å². The van der Waals surface area contributed by atoms with Crippen molar-refractivity contribution >= 4 is 23.5 Å². The largest absolute Gasteiger partial charge is 0.278 e. The average molecular weight is 285 g/mol. The maximum absolute atomic E-state index is 11.4. The number of nitro groups is 1. The Labute approximate surface area is 122 Å². The van der Waals surface area contributed by atoms with Gasteiger partial charge in [-0.25, -0.2) is 0 Å². The second-order valence-electron chi connectivity index (χ2n) is 4.40. The van der Waals surface area contributed by atoms with Gasteiger partial charge < -0.3 is 0 Å². The quantitative estimate of drug-likeness (QED) is 0.360. The molecule has 0 radical (unpaired) electrons. The third kappa shape index (κ3) is 3.27. The molecule has 0 aliphatic carbocycles. The lowest BCUT2D eigenvalue weighted by molar-refractivity contribution is -0.374. The number of aryl methyl sites for hydroxylation is 1. The second-order valence-corrected chi connectivity index (χ2v) is 5.25. The van der Waals surface area contributed by atoms with Crippen LogP contribution >= 0.6 is 11.8 Å². The molecule has 0 amide bonds. The van der Waals surface area contributed by atoms with E-state index >= 15 is 0 Å². The number of hydrogen-bond donors (Lipinski definition) is 0. The van der Waals surface area contributed by atoms with Gasteiger partial charge in [-0.2, -0.15) is 0 Å². The molecule has 0 bridgehead atoms. The fraction of sp³-hybridized carbons (Fsp3) is 0.125. The highest BCUT2D eigenvalue weighted by atomic mass is 32.2. The van der Waals surface area contributed by atoms with E-state index in [0.717, 1.165) is 16.0 Å². The summed E-state index contributed by atoms with van der Waals surface area (Å²) < 4.78 is 0. The van der Waals surface area contributed by atoms with Crippen molar-refractivity contribution in [2.24, 2.45) is 0 Å². The van der Waals surface area contributed by atoms with Crippen molar-refractivity contribution in [1.29, 1.82) is 0 Å². The normalized spacial score (nSPS) is 11.4. The Morgan fingerprint density at radius 1 is 1.15 bits per heavy atom. The van der Waals surface area contributed by atoms with Crippen molar-refractivity contribution in [1.82, 2.24) is 0 Å². The van der Waals surface area contributed by atoms with Gasteiger partial charge in [0.2, 0.25) is 0 Å². The summed E-state index contributed by atoms with van der Waals surface area (Å²) >= 11 is 1.51. The molecule has 0 fully saturated rings. The topological polar surface area (TPSA) is 43.1 Å². The van der Waals surface area contributed by atoms with E-state index in [1.807, 2.05) is 55.6 Å². The monoisotopic (exact) mass is 285 g/mol. The lowest BCUT2D eigenvalue weighted by Gasteiger charge is -2.05. The van der Waals surface area contributed by atoms with Gasteiger partial charge in [-0.3, -0.25) is 10.1 Å². The highest BCUT2D eigenvalue weighted by molar-refractivity contribution is 7.98. The average Bonchev–Trinajstić information content (AvgIpc) is 2.46. The molecule has 0 atom stereocenters. The molecule has 0 N–H and O–H groups in total. The van der Waals surface area contributed by atoms with Crippen LogP contribution in [0.25, 0.3) is 11.8 Å². The fourth-order valence-electron chi connectivity index (χ4n) is 1.91. The molecule has 0 heterocycles. The predicted octanol–water partition coefficient (Wildman–Crippen LogP) is 4.49. The zero-order valence-electron chi connectivity index (χ0n) is 11.4. The first-order valence-corrected chi connectivity index (χ1v) is 7.40. The Morgan fingerprint density at radius 3 is 2.40 bits per heavy atom. The van der Waals surface area contributed by atoms with E-state index in [0.29, 0.717) is 5.56 Å². The van der Waals surface area contributed by atoms with Crippen LogP contribution in [0.3, 0.4) is 0 Å². The molecule has 0 aliphatic rings. The summed E-state index contributed by atoms with van der Waals surface area (Å²) in [6, 6.07) is 15.1. The first kappa shape index (κ1) is 14.3. The van der Waals surface area contributed by atoms with E-state index < -0.39 is 0 Å². The van der Waals surface area contributed by atoms with Gasteiger partial charge in [-0.05, 0) is 30.9 Å². The molecule has 0 saturated heterocycles. The van der Waals surface area contributed by atoms with Crippen LogP contribution in [0.15, 0.2) is 53.4 Å². The molecule has 2 aromatic rings. The molecule has 0 unspecified atom stereocenters. The second kappa shape index (κ2) is 6.39. The summed E-state index contributed by atoms with van der Waals surface area (Å²) in [6.07, 6.45) is 3.54. The van der Waals surface area contributed by atoms with Gasteiger partial charge in [0.15, 0.2) is 0 Å². The zero-order chi connectivity index (χ0) is 14.5. The SMILES string of the molecule is CSc1ccccc1/C(=C\c1ccc(C)cc1)[N+](=O)[O-]. The van der Waals surface area contributed by atoms with Gasteiger partial charge in [0.1, 0.15) is 0 Å². The molecule has 0 aromatic heterocycles. The van der Waals surface area contributed by atoms with Crippen LogP contribution in [0, 0.1) is 17.0 Å². The molecule has 2 aromatic carbocycles. The van der Waals surface area contributed by atoms with Gasteiger partial charge in [0, 0.05) is 11.0 Å². The van der Waals surface area contributed by atoms with Crippen LogP contribution in [-0.4, -0.2) is 11.2 Å². The first-order valence-electron chi connectivity index (χ1n) is 6.18. The third-order valence-corrected chi connectivity index (χ3v) is 3.76. The number of rotatable bonds is 4. The maximum Gasteiger partial charge on any atom is 0.278 e.